The molecule has 0 radical (unpaired) electrons. The van der Waals surface area contributed by atoms with Gasteiger partial charge in [-0.25, -0.2) is 9.48 Å². The first kappa shape index (κ1) is 17.7. The fourth-order valence-corrected chi connectivity index (χ4v) is 4.17. The Labute approximate surface area is 165 Å². The van der Waals surface area contributed by atoms with Crippen LogP contribution in [0.4, 0.5) is 0 Å². The smallest absolute Gasteiger partial charge is 0.329 e. The van der Waals surface area contributed by atoms with Crippen molar-refractivity contribution in [1.82, 2.24) is 24.2 Å². The van der Waals surface area contributed by atoms with E-state index in [1.54, 1.807) is 39.9 Å². The molecule has 2 aliphatic rings. The van der Waals surface area contributed by atoms with Gasteiger partial charge < -0.3 is 14.6 Å². The molecule has 5 rings (SSSR count). The number of aryl methyl sites for hydroxylation is 1. The van der Waals surface area contributed by atoms with Gasteiger partial charge in [-0.3, -0.25) is 14.2 Å². The molecule has 150 valence electrons. The predicted molar refractivity (Wildman–Crippen MR) is 105 cm³/mol. The summed E-state index contributed by atoms with van der Waals surface area (Å²) in [5.74, 6) is 0.484. The Morgan fingerprint density at radius 1 is 1.14 bits per heavy atom. The summed E-state index contributed by atoms with van der Waals surface area (Å²) in [6.07, 6.45) is 1.96. The molecule has 0 aliphatic carbocycles. The van der Waals surface area contributed by atoms with E-state index in [1.165, 1.54) is 4.57 Å². The number of hydrogen-bond donors (Lipinski definition) is 1. The second-order valence-corrected chi connectivity index (χ2v) is 7.47. The van der Waals surface area contributed by atoms with Crippen LogP contribution in [0.5, 0.6) is 5.88 Å². The molecule has 3 aromatic rings. The Hall–Kier alpha value is -3.36. The number of fused-ring (bicyclic) bond motifs is 2. The van der Waals surface area contributed by atoms with Crippen LogP contribution in [-0.4, -0.2) is 49.8 Å². The third kappa shape index (κ3) is 3.02. The fraction of sp³-hybridized carbons (Fsp3) is 0.400. The fourth-order valence-electron chi connectivity index (χ4n) is 4.17. The van der Waals surface area contributed by atoms with Crippen molar-refractivity contribution in [2.45, 2.75) is 31.8 Å². The number of aromatic nitrogens is 4. The molecule has 1 amide bonds. The van der Waals surface area contributed by atoms with Crippen molar-refractivity contribution in [3.05, 3.63) is 56.9 Å². The van der Waals surface area contributed by atoms with Crippen LogP contribution < -0.4 is 16.0 Å². The molecule has 9 nitrogen and oxygen atoms in total. The van der Waals surface area contributed by atoms with Crippen LogP contribution in [0.1, 0.15) is 35.8 Å². The van der Waals surface area contributed by atoms with Crippen LogP contribution in [0.3, 0.4) is 0 Å². The second kappa shape index (κ2) is 6.91. The van der Waals surface area contributed by atoms with E-state index in [0.717, 1.165) is 13.0 Å². The Morgan fingerprint density at radius 3 is 2.72 bits per heavy atom. The van der Waals surface area contributed by atoms with Crippen LogP contribution in [0.2, 0.25) is 0 Å². The normalized spacial score (nSPS) is 17.2. The van der Waals surface area contributed by atoms with Gasteiger partial charge in [0, 0.05) is 38.2 Å². The van der Waals surface area contributed by atoms with E-state index >= 15 is 0 Å². The summed E-state index contributed by atoms with van der Waals surface area (Å²) in [7, 11) is 0. The number of hydrogen-bond acceptors (Lipinski definition) is 5. The van der Waals surface area contributed by atoms with Crippen LogP contribution in [-0.2, 0) is 6.54 Å². The van der Waals surface area contributed by atoms with Crippen molar-refractivity contribution in [2.24, 2.45) is 0 Å². The van der Waals surface area contributed by atoms with Gasteiger partial charge in [0.1, 0.15) is 0 Å². The third-order valence-corrected chi connectivity index (χ3v) is 5.68. The van der Waals surface area contributed by atoms with Gasteiger partial charge in [-0.05, 0) is 25.0 Å². The van der Waals surface area contributed by atoms with Crippen molar-refractivity contribution in [1.29, 1.82) is 0 Å². The molecule has 1 fully saturated rings. The highest BCUT2D eigenvalue weighted by Gasteiger charge is 2.29. The molecule has 0 spiro atoms. The first-order chi connectivity index (χ1) is 14.1. The predicted octanol–water partition coefficient (Wildman–Crippen LogP) is 1.15. The largest absolute Gasteiger partial charge is 0.478 e. The molecule has 9 heteroatoms. The number of amides is 1. The number of carbonyl (C=O) groups is 1. The molecular weight excluding hydrogens is 374 g/mol. The van der Waals surface area contributed by atoms with E-state index in [0.29, 0.717) is 55.0 Å². The van der Waals surface area contributed by atoms with Gasteiger partial charge in [-0.15, -0.1) is 0 Å². The summed E-state index contributed by atoms with van der Waals surface area (Å²) in [6.45, 7) is 2.31. The van der Waals surface area contributed by atoms with Gasteiger partial charge in [-0.1, -0.05) is 12.1 Å². The highest BCUT2D eigenvalue weighted by Crippen LogP contribution is 2.24. The minimum absolute atomic E-state index is 0.145. The number of benzene rings is 1. The van der Waals surface area contributed by atoms with E-state index in [1.807, 2.05) is 0 Å². The number of piperidine rings is 1. The first-order valence-corrected chi connectivity index (χ1v) is 9.85. The van der Waals surface area contributed by atoms with E-state index in [9.17, 15) is 14.4 Å². The monoisotopic (exact) mass is 395 g/mol. The molecule has 0 atom stereocenters. The van der Waals surface area contributed by atoms with Crippen LogP contribution >= 0.6 is 0 Å². The van der Waals surface area contributed by atoms with Crippen molar-refractivity contribution in [3.63, 3.8) is 0 Å². The minimum atomic E-state index is -0.405. The number of ether oxygens (including phenoxy) is 1. The number of carbonyl (C=O) groups excluding carboxylic acids is 1. The van der Waals surface area contributed by atoms with E-state index in [4.69, 9.17) is 4.74 Å². The Morgan fingerprint density at radius 2 is 1.93 bits per heavy atom. The van der Waals surface area contributed by atoms with Gasteiger partial charge in [0.15, 0.2) is 5.69 Å². The maximum absolute atomic E-state index is 12.8. The summed E-state index contributed by atoms with van der Waals surface area (Å²) in [5, 5.41) is 4.85. The summed E-state index contributed by atoms with van der Waals surface area (Å²) < 4.78 is 8.55. The SMILES string of the molecule is O=C(c1cc2n(n1)CCCO2)N1CCC(n2c(=O)[nH]c3ccccc3c2=O)CC1. The maximum Gasteiger partial charge on any atom is 0.329 e. The zero-order valence-electron chi connectivity index (χ0n) is 15.8. The van der Waals surface area contributed by atoms with Gasteiger partial charge in [0.25, 0.3) is 11.5 Å². The second-order valence-electron chi connectivity index (χ2n) is 7.47. The molecule has 4 heterocycles. The quantitative estimate of drug-likeness (QED) is 0.701. The molecule has 29 heavy (non-hydrogen) atoms. The number of likely N-dealkylation sites (tertiary alicyclic amines) is 1. The van der Waals surface area contributed by atoms with Crippen LogP contribution in [0.25, 0.3) is 10.9 Å². The van der Waals surface area contributed by atoms with Gasteiger partial charge in [0.05, 0.1) is 17.5 Å². The number of nitrogens with one attached hydrogen (secondary N) is 1. The maximum atomic E-state index is 12.8. The van der Waals surface area contributed by atoms with Gasteiger partial charge in [0.2, 0.25) is 5.88 Å². The lowest BCUT2D eigenvalue weighted by Crippen LogP contribution is -2.45. The van der Waals surface area contributed by atoms with E-state index in [-0.39, 0.29) is 17.5 Å². The molecule has 1 saturated heterocycles. The molecule has 1 aromatic carbocycles. The molecule has 0 saturated carbocycles. The Balaban J connectivity index is 1.35. The molecular formula is C20H21N5O4. The van der Waals surface area contributed by atoms with E-state index in [2.05, 4.69) is 10.1 Å². The Kier molecular flexibility index (Phi) is 4.22. The van der Waals surface area contributed by atoms with Crippen LogP contribution in [0, 0.1) is 0 Å². The van der Waals surface area contributed by atoms with Crippen molar-refractivity contribution in [2.75, 3.05) is 19.7 Å². The minimum Gasteiger partial charge on any atom is -0.478 e. The lowest BCUT2D eigenvalue weighted by Gasteiger charge is -2.32. The summed E-state index contributed by atoms with van der Waals surface area (Å²) >= 11 is 0. The van der Waals surface area contributed by atoms with Crippen molar-refractivity contribution >= 4 is 16.8 Å². The first-order valence-electron chi connectivity index (χ1n) is 9.85. The zero-order valence-corrected chi connectivity index (χ0v) is 15.8. The Bertz CT molecular complexity index is 1180. The summed E-state index contributed by atoms with van der Waals surface area (Å²) in [5.41, 5.74) is 0.226. The lowest BCUT2D eigenvalue weighted by atomic mass is 10.0. The number of aromatic amines is 1. The highest BCUT2D eigenvalue weighted by atomic mass is 16.5. The van der Waals surface area contributed by atoms with Gasteiger partial charge >= 0.3 is 5.69 Å². The molecule has 1 N–H and O–H groups in total. The van der Waals surface area contributed by atoms with Crippen molar-refractivity contribution < 1.29 is 9.53 Å². The molecule has 0 unspecified atom stereocenters. The van der Waals surface area contributed by atoms with Gasteiger partial charge in [-0.2, -0.15) is 5.10 Å². The number of H-pyrrole nitrogens is 1. The number of para-hydroxylation sites is 1. The lowest BCUT2D eigenvalue weighted by molar-refractivity contribution is 0.0685. The molecule has 2 aliphatic heterocycles. The van der Waals surface area contributed by atoms with E-state index < -0.39 is 5.69 Å². The zero-order chi connectivity index (χ0) is 20.0. The number of rotatable bonds is 2. The third-order valence-electron chi connectivity index (χ3n) is 5.68. The average Bonchev–Trinajstić information content (AvgIpc) is 3.18. The van der Waals surface area contributed by atoms with Crippen molar-refractivity contribution in [3.8, 4) is 5.88 Å². The topological polar surface area (TPSA) is 102 Å². The average molecular weight is 395 g/mol. The number of nitrogens with zero attached hydrogens (tertiary/aromatic N) is 4. The molecule has 2 aromatic heterocycles. The molecule has 0 bridgehead atoms. The highest BCUT2D eigenvalue weighted by molar-refractivity contribution is 5.92. The van der Waals surface area contributed by atoms with Crippen LogP contribution in [0.15, 0.2) is 39.9 Å². The summed E-state index contributed by atoms with van der Waals surface area (Å²) in [6, 6.07) is 8.45. The summed E-state index contributed by atoms with van der Waals surface area (Å²) in [4.78, 5) is 42.7. The standard InChI is InChI=1S/C20H21N5O4/c26-18-14-4-1-2-5-15(14)21-20(28)25(18)13-6-9-23(10-7-13)19(27)16-12-17-24(22-16)8-3-11-29-17/h1-2,4-5,12-13H,3,6-11H2,(H,21,28).